The van der Waals surface area contributed by atoms with Crippen LogP contribution in [0.1, 0.15) is 18.9 Å². The molecule has 1 amide bonds. The van der Waals surface area contributed by atoms with Crippen LogP contribution in [0, 0.1) is 5.41 Å². The van der Waals surface area contributed by atoms with Gasteiger partial charge in [0.25, 0.3) is 0 Å². The number of halogens is 2. The number of nitrogens with one attached hydrogen (secondary N) is 2. The first kappa shape index (κ1) is 16.5. The van der Waals surface area contributed by atoms with E-state index >= 15 is 0 Å². The van der Waals surface area contributed by atoms with E-state index in [0.717, 1.165) is 0 Å². The second kappa shape index (κ2) is 5.43. The van der Waals surface area contributed by atoms with Gasteiger partial charge in [-0.1, -0.05) is 12.1 Å². The number of alkyl halides is 2. The molecule has 1 atom stereocenters. The van der Waals surface area contributed by atoms with Gasteiger partial charge in [0.05, 0.1) is 10.3 Å². The summed E-state index contributed by atoms with van der Waals surface area (Å²) in [6.45, 7) is 1.91. The number of sulfonamides is 1. The molecule has 0 saturated heterocycles. The molecule has 0 radical (unpaired) electrons. The zero-order valence-corrected chi connectivity index (χ0v) is 13.9. The first-order valence-electron chi connectivity index (χ1n) is 6.31. The maximum atomic E-state index is 12.0. The molecule has 0 aromatic heterocycles. The molecule has 21 heavy (non-hydrogen) atoms. The third kappa shape index (κ3) is 3.18. The van der Waals surface area contributed by atoms with Crippen molar-refractivity contribution in [1.29, 1.82) is 0 Å². The van der Waals surface area contributed by atoms with E-state index in [1.54, 1.807) is 19.1 Å². The largest absolute Gasteiger partial charge is 0.351 e. The minimum absolute atomic E-state index is 0.151. The number of benzene rings is 1. The minimum Gasteiger partial charge on any atom is -0.351 e. The standard InChI is InChI=1S/C13H16Cl2N2O3S/c1-12(8-13(12,14)15)11(18)17-7-9-4-3-5-10(6-9)21(19,20)16-2/h3-6,16H,7-8H2,1-2H3,(H,17,18)/t12-/m0/s1. The Bertz CT molecular complexity index is 676. The second-order valence-electron chi connectivity index (χ2n) is 5.25. The molecule has 116 valence electrons. The average Bonchev–Trinajstić information content (AvgIpc) is 2.96. The van der Waals surface area contributed by atoms with Crippen molar-refractivity contribution in [3.8, 4) is 0 Å². The monoisotopic (exact) mass is 350 g/mol. The van der Waals surface area contributed by atoms with Crippen molar-refractivity contribution in [3.05, 3.63) is 29.8 Å². The lowest BCUT2D eigenvalue weighted by molar-refractivity contribution is -0.125. The van der Waals surface area contributed by atoms with Crippen molar-refractivity contribution in [2.45, 2.75) is 29.1 Å². The molecule has 5 nitrogen and oxygen atoms in total. The summed E-state index contributed by atoms with van der Waals surface area (Å²) in [6.07, 6.45) is 0.406. The molecule has 0 unspecified atom stereocenters. The van der Waals surface area contributed by atoms with Gasteiger partial charge in [-0.05, 0) is 38.1 Å². The van der Waals surface area contributed by atoms with Crippen LogP contribution in [0.2, 0.25) is 0 Å². The van der Waals surface area contributed by atoms with Gasteiger partial charge in [-0.15, -0.1) is 23.2 Å². The third-order valence-corrected chi connectivity index (χ3v) is 6.20. The fourth-order valence-corrected chi connectivity index (χ4v) is 3.47. The summed E-state index contributed by atoms with van der Waals surface area (Å²) in [5.41, 5.74) is -0.108. The van der Waals surface area contributed by atoms with Gasteiger partial charge in [-0.3, -0.25) is 4.79 Å². The molecule has 2 N–H and O–H groups in total. The third-order valence-electron chi connectivity index (χ3n) is 3.69. The Hall–Kier alpha value is -0.820. The van der Waals surface area contributed by atoms with Crippen LogP contribution in [0.25, 0.3) is 0 Å². The summed E-state index contributed by atoms with van der Waals surface area (Å²) >= 11 is 11.9. The fourth-order valence-electron chi connectivity index (χ4n) is 1.96. The molecule has 0 spiro atoms. The number of carbonyl (C=O) groups excluding carboxylic acids is 1. The average molecular weight is 351 g/mol. The normalized spacial score (nSPS) is 23.6. The minimum atomic E-state index is -3.50. The predicted molar refractivity (Wildman–Crippen MR) is 81.7 cm³/mol. The summed E-state index contributed by atoms with van der Waals surface area (Å²) < 4.78 is 24.6. The van der Waals surface area contributed by atoms with Crippen molar-refractivity contribution in [3.63, 3.8) is 0 Å². The van der Waals surface area contributed by atoms with Gasteiger partial charge in [-0.2, -0.15) is 0 Å². The Labute approximate surface area is 134 Å². The van der Waals surface area contributed by atoms with Crippen molar-refractivity contribution in [1.82, 2.24) is 10.0 Å². The number of hydrogen-bond donors (Lipinski definition) is 2. The van der Waals surface area contributed by atoms with E-state index in [2.05, 4.69) is 10.0 Å². The smallest absolute Gasteiger partial charge is 0.240 e. The molecule has 1 aromatic rings. The molecule has 1 aliphatic rings. The number of amides is 1. The highest BCUT2D eigenvalue weighted by atomic mass is 35.5. The van der Waals surface area contributed by atoms with Crippen LogP contribution in [-0.4, -0.2) is 25.7 Å². The Balaban J connectivity index is 2.05. The Morgan fingerprint density at radius 1 is 1.38 bits per heavy atom. The maximum Gasteiger partial charge on any atom is 0.240 e. The van der Waals surface area contributed by atoms with Gasteiger partial charge in [0, 0.05) is 6.54 Å². The molecule has 8 heteroatoms. The van der Waals surface area contributed by atoms with E-state index in [-0.39, 0.29) is 17.3 Å². The van der Waals surface area contributed by atoms with Crippen LogP contribution in [0.3, 0.4) is 0 Å². The molecule has 0 bridgehead atoms. The first-order valence-corrected chi connectivity index (χ1v) is 8.55. The Morgan fingerprint density at radius 3 is 2.52 bits per heavy atom. The van der Waals surface area contributed by atoms with Gasteiger partial charge in [0.1, 0.15) is 4.33 Å². The molecule has 0 heterocycles. The Morgan fingerprint density at radius 2 is 2.00 bits per heavy atom. The second-order valence-corrected chi connectivity index (χ2v) is 8.62. The van der Waals surface area contributed by atoms with Crippen molar-refractivity contribution < 1.29 is 13.2 Å². The van der Waals surface area contributed by atoms with Crippen LogP contribution >= 0.6 is 23.2 Å². The lowest BCUT2D eigenvalue weighted by Crippen LogP contribution is -2.32. The maximum absolute atomic E-state index is 12.0. The predicted octanol–water partition coefficient (Wildman–Crippen LogP) is 1.79. The van der Waals surface area contributed by atoms with E-state index in [1.165, 1.54) is 19.2 Å². The van der Waals surface area contributed by atoms with Crippen LogP contribution < -0.4 is 10.0 Å². The lowest BCUT2D eigenvalue weighted by Gasteiger charge is -2.13. The molecular formula is C13H16Cl2N2O3S. The highest BCUT2D eigenvalue weighted by molar-refractivity contribution is 7.89. The highest BCUT2D eigenvalue weighted by Gasteiger charge is 2.67. The zero-order valence-electron chi connectivity index (χ0n) is 11.6. The summed E-state index contributed by atoms with van der Waals surface area (Å²) in [4.78, 5) is 12.2. The Kier molecular flexibility index (Phi) is 4.28. The van der Waals surface area contributed by atoms with Gasteiger partial charge in [0.15, 0.2) is 0 Å². The number of rotatable bonds is 5. The molecule has 1 fully saturated rings. The molecular weight excluding hydrogens is 335 g/mol. The van der Waals surface area contributed by atoms with E-state index < -0.39 is 19.8 Å². The summed E-state index contributed by atoms with van der Waals surface area (Å²) in [7, 11) is -2.15. The fraction of sp³-hybridized carbons (Fsp3) is 0.462. The van der Waals surface area contributed by atoms with Crippen molar-refractivity contribution in [2.24, 2.45) is 5.41 Å². The summed E-state index contributed by atoms with van der Waals surface area (Å²) in [6, 6.07) is 6.36. The highest BCUT2D eigenvalue weighted by Crippen LogP contribution is 2.63. The van der Waals surface area contributed by atoms with Crippen LogP contribution in [0.5, 0.6) is 0 Å². The van der Waals surface area contributed by atoms with Crippen molar-refractivity contribution >= 4 is 39.1 Å². The summed E-state index contributed by atoms with van der Waals surface area (Å²) in [5, 5.41) is 2.73. The van der Waals surface area contributed by atoms with Crippen molar-refractivity contribution in [2.75, 3.05) is 7.05 Å². The van der Waals surface area contributed by atoms with Crippen LogP contribution in [0.15, 0.2) is 29.2 Å². The van der Waals surface area contributed by atoms with Gasteiger partial charge in [0.2, 0.25) is 15.9 Å². The quantitative estimate of drug-likeness (QED) is 0.795. The summed E-state index contributed by atoms with van der Waals surface area (Å²) in [5.74, 6) is -0.241. The topological polar surface area (TPSA) is 75.3 Å². The molecule has 1 saturated carbocycles. The van der Waals surface area contributed by atoms with Crippen LogP contribution in [-0.2, 0) is 21.4 Å². The van der Waals surface area contributed by atoms with Gasteiger partial charge < -0.3 is 5.32 Å². The van der Waals surface area contributed by atoms with E-state index in [1.807, 2.05) is 0 Å². The van der Waals surface area contributed by atoms with Gasteiger partial charge in [-0.25, -0.2) is 13.1 Å². The lowest BCUT2D eigenvalue weighted by atomic mass is 10.1. The van der Waals surface area contributed by atoms with E-state index in [0.29, 0.717) is 12.0 Å². The zero-order chi connectivity index (χ0) is 15.9. The number of hydrogen-bond acceptors (Lipinski definition) is 3. The number of carbonyl (C=O) groups is 1. The molecule has 2 rings (SSSR count). The van der Waals surface area contributed by atoms with Gasteiger partial charge >= 0.3 is 0 Å². The first-order chi connectivity index (χ1) is 9.62. The van der Waals surface area contributed by atoms with Crippen LogP contribution in [0.4, 0.5) is 0 Å². The van der Waals surface area contributed by atoms with E-state index in [4.69, 9.17) is 23.2 Å². The van der Waals surface area contributed by atoms with E-state index in [9.17, 15) is 13.2 Å². The molecule has 1 aliphatic carbocycles. The molecule has 1 aromatic carbocycles. The molecule has 0 aliphatic heterocycles. The SMILES string of the molecule is CNS(=O)(=O)c1cccc(CNC(=O)[C@]2(C)CC2(Cl)Cl)c1.